The highest BCUT2D eigenvalue weighted by molar-refractivity contribution is 5.95. The third kappa shape index (κ3) is 5.55. The van der Waals surface area contributed by atoms with Gasteiger partial charge in [0.25, 0.3) is 11.8 Å². The number of amides is 3. The van der Waals surface area contributed by atoms with Crippen LogP contribution in [0, 0.1) is 0 Å². The smallest absolute Gasteiger partial charge is 0.271 e. The fraction of sp³-hybridized carbons (Fsp3) is 0.235. The van der Waals surface area contributed by atoms with Crippen LogP contribution in [0.2, 0.25) is 0 Å². The number of nitrogens with zero attached hydrogens (tertiary/aromatic N) is 2. The van der Waals surface area contributed by atoms with Gasteiger partial charge in [0.2, 0.25) is 11.8 Å². The molecule has 26 heavy (non-hydrogen) atoms. The summed E-state index contributed by atoms with van der Waals surface area (Å²) in [6.45, 7) is 1.90. The number of hydrogen-bond donors (Lipinski definition) is 3. The Bertz CT molecular complexity index is 775. The molecule has 0 aliphatic heterocycles. The van der Waals surface area contributed by atoms with E-state index in [2.05, 4.69) is 26.1 Å². The van der Waals surface area contributed by atoms with E-state index in [0.29, 0.717) is 17.1 Å². The summed E-state index contributed by atoms with van der Waals surface area (Å²) in [5.74, 6) is -0.537. The lowest BCUT2D eigenvalue weighted by molar-refractivity contribution is -0.114. The number of anilines is 1. The quantitative estimate of drug-likeness (QED) is 0.624. The average Bonchev–Trinajstić information content (AvgIpc) is 2.65. The summed E-state index contributed by atoms with van der Waals surface area (Å²) >= 11 is 0. The van der Waals surface area contributed by atoms with Crippen LogP contribution in [0.1, 0.15) is 27.8 Å². The van der Waals surface area contributed by atoms with Crippen LogP contribution in [-0.4, -0.2) is 48.1 Å². The van der Waals surface area contributed by atoms with Gasteiger partial charge in [-0.1, -0.05) is 0 Å². The van der Waals surface area contributed by atoms with Crippen LogP contribution in [0.5, 0.6) is 5.88 Å². The first-order valence-corrected chi connectivity index (χ1v) is 7.81. The Morgan fingerprint density at radius 2 is 1.58 bits per heavy atom. The van der Waals surface area contributed by atoms with Gasteiger partial charge in [-0.15, -0.1) is 10.2 Å². The summed E-state index contributed by atoms with van der Waals surface area (Å²) in [6, 6.07) is 9.52. The number of carbonyl (C=O) groups excluding carboxylic acids is 3. The van der Waals surface area contributed by atoms with Crippen molar-refractivity contribution in [2.75, 3.05) is 25.5 Å². The lowest BCUT2D eigenvalue weighted by Crippen LogP contribution is -2.35. The maximum Gasteiger partial charge on any atom is 0.271 e. The zero-order valence-corrected chi connectivity index (χ0v) is 14.4. The number of carbonyl (C=O) groups is 3. The van der Waals surface area contributed by atoms with E-state index in [1.807, 2.05) is 0 Å². The predicted molar refractivity (Wildman–Crippen MR) is 94.0 cm³/mol. The molecule has 1 aromatic carbocycles. The summed E-state index contributed by atoms with van der Waals surface area (Å²) in [7, 11) is 1.46. The third-order valence-corrected chi connectivity index (χ3v) is 3.25. The van der Waals surface area contributed by atoms with Gasteiger partial charge in [-0.05, 0) is 30.3 Å². The summed E-state index contributed by atoms with van der Waals surface area (Å²) in [5.41, 5.74) is 1.22. The minimum absolute atomic E-state index is 0.158. The van der Waals surface area contributed by atoms with Gasteiger partial charge in [0.15, 0.2) is 5.69 Å². The Balaban J connectivity index is 1.75. The zero-order valence-electron chi connectivity index (χ0n) is 14.4. The first-order valence-electron chi connectivity index (χ1n) is 7.81. The lowest BCUT2D eigenvalue weighted by Gasteiger charge is -2.08. The largest absolute Gasteiger partial charge is 0.480 e. The minimum atomic E-state index is -0.394. The molecule has 0 saturated heterocycles. The molecule has 1 aromatic heterocycles. The molecule has 0 fully saturated rings. The molecule has 0 aliphatic rings. The number of nitrogens with one attached hydrogen (secondary N) is 3. The fourth-order valence-corrected chi connectivity index (χ4v) is 2.00. The number of ether oxygens (including phenoxy) is 1. The highest BCUT2D eigenvalue weighted by Gasteiger charge is 2.09. The number of hydrogen-bond acceptors (Lipinski definition) is 6. The minimum Gasteiger partial charge on any atom is -0.480 e. The Hall–Kier alpha value is -3.49. The van der Waals surface area contributed by atoms with Crippen LogP contribution in [0.4, 0.5) is 5.69 Å². The Morgan fingerprint density at radius 1 is 0.923 bits per heavy atom. The summed E-state index contributed by atoms with van der Waals surface area (Å²) in [6.07, 6.45) is 0. The van der Waals surface area contributed by atoms with Crippen LogP contribution in [0.15, 0.2) is 36.4 Å². The van der Waals surface area contributed by atoms with Gasteiger partial charge in [0.05, 0.1) is 7.11 Å². The second kappa shape index (κ2) is 9.11. The number of benzene rings is 1. The monoisotopic (exact) mass is 357 g/mol. The SMILES string of the molecule is COc1ccc(C(=O)NCCNC(=O)c2ccc(NC(C)=O)cc2)nn1. The number of rotatable bonds is 7. The van der Waals surface area contributed by atoms with Crippen LogP contribution in [0.3, 0.4) is 0 Å². The van der Waals surface area contributed by atoms with E-state index >= 15 is 0 Å². The Labute approximate surface area is 150 Å². The molecule has 2 rings (SSSR count). The Kier molecular flexibility index (Phi) is 6.60. The molecule has 0 aliphatic carbocycles. The van der Waals surface area contributed by atoms with Crippen molar-refractivity contribution in [1.29, 1.82) is 0 Å². The van der Waals surface area contributed by atoms with E-state index < -0.39 is 5.91 Å². The lowest BCUT2D eigenvalue weighted by atomic mass is 10.2. The van der Waals surface area contributed by atoms with Gasteiger partial charge in [-0.3, -0.25) is 14.4 Å². The molecule has 0 bridgehead atoms. The molecule has 9 heteroatoms. The Morgan fingerprint density at radius 3 is 2.12 bits per heavy atom. The van der Waals surface area contributed by atoms with Gasteiger partial charge in [0, 0.05) is 37.3 Å². The van der Waals surface area contributed by atoms with E-state index in [4.69, 9.17) is 4.74 Å². The van der Waals surface area contributed by atoms with E-state index in [9.17, 15) is 14.4 Å². The van der Waals surface area contributed by atoms with E-state index in [1.165, 1.54) is 26.2 Å². The van der Waals surface area contributed by atoms with Gasteiger partial charge >= 0.3 is 0 Å². The van der Waals surface area contributed by atoms with Crippen LogP contribution >= 0.6 is 0 Å². The van der Waals surface area contributed by atoms with E-state index in [1.54, 1.807) is 24.3 Å². The van der Waals surface area contributed by atoms with Crippen molar-refractivity contribution in [3.8, 4) is 5.88 Å². The summed E-state index contributed by atoms with van der Waals surface area (Å²) < 4.78 is 4.87. The van der Waals surface area contributed by atoms with Crippen molar-refractivity contribution < 1.29 is 19.1 Å². The first kappa shape index (κ1) is 18.8. The second-order valence-corrected chi connectivity index (χ2v) is 5.23. The molecule has 0 spiro atoms. The van der Waals surface area contributed by atoms with Crippen LogP contribution in [-0.2, 0) is 4.79 Å². The van der Waals surface area contributed by atoms with Crippen molar-refractivity contribution in [3.63, 3.8) is 0 Å². The fourth-order valence-electron chi connectivity index (χ4n) is 2.00. The van der Waals surface area contributed by atoms with Gasteiger partial charge in [0.1, 0.15) is 0 Å². The summed E-state index contributed by atoms with van der Waals surface area (Å²) in [4.78, 5) is 34.9. The molecule has 1 heterocycles. The van der Waals surface area contributed by atoms with Crippen molar-refractivity contribution in [2.45, 2.75) is 6.92 Å². The highest BCUT2D eigenvalue weighted by Crippen LogP contribution is 2.09. The normalized spacial score (nSPS) is 9.92. The second-order valence-electron chi connectivity index (χ2n) is 5.23. The highest BCUT2D eigenvalue weighted by atomic mass is 16.5. The van der Waals surface area contributed by atoms with Gasteiger partial charge < -0.3 is 20.7 Å². The van der Waals surface area contributed by atoms with Crippen molar-refractivity contribution in [3.05, 3.63) is 47.7 Å². The average molecular weight is 357 g/mol. The molecule has 3 N–H and O–H groups in total. The summed E-state index contributed by atoms with van der Waals surface area (Å²) in [5, 5.41) is 15.4. The molecule has 136 valence electrons. The molecule has 9 nitrogen and oxygen atoms in total. The number of aromatic nitrogens is 2. The molecule has 0 unspecified atom stereocenters. The predicted octanol–water partition coefficient (Wildman–Crippen LogP) is 0.603. The standard InChI is InChI=1S/C17H19N5O4/c1-11(23)20-13-5-3-12(4-6-13)16(24)18-9-10-19-17(25)14-7-8-15(26-2)22-21-14/h3-8H,9-10H2,1-2H3,(H,18,24)(H,19,25)(H,20,23). The zero-order chi connectivity index (χ0) is 18.9. The maximum absolute atomic E-state index is 12.0. The van der Waals surface area contributed by atoms with Crippen molar-refractivity contribution >= 4 is 23.4 Å². The van der Waals surface area contributed by atoms with Crippen molar-refractivity contribution in [2.24, 2.45) is 0 Å². The third-order valence-electron chi connectivity index (χ3n) is 3.25. The molecule has 0 saturated carbocycles. The molecule has 2 aromatic rings. The molecule has 0 radical (unpaired) electrons. The molecular formula is C17H19N5O4. The van der Waals surface area contributed by atoms with Crippen molar-refractivity contribution in [1.82, 2.24) is 20.8 Å². The first-order chi connectivity index (χ1) is 12.5. The van der Waals surface area contributed by atoms with E-state index in [0.717, 1.165) is 0 Å². The van der Waals surface area contributed by atoms with Crippen LogP contribution < -0.4 is 20.7 Å². The molecule has 0 atom stereocenters. The van der Waals surface area contributed by atoms with E-state index in [-0.39, 0.29) is 30.6 Å². The number of methoxy groups -OCH3 is 1. The molecular weight excluding hydrogens is 338 g/mol. The molecule has 3 amide bonds. The van der Waals surface area contributed by atoms with Gasteiger partial charge in [-0.2, -0.15) is 0 Å². The van der Waals surface area contributed by atoms with Gasteiger partial charge in [-0.25, -0.2) is 0 Å². The topological polar surface area (TPSA) is 122 Å². The maximum atomic E-state index is 12.0. The van der Waals surface area contributed by atoms with Crippen LogP contribution in [0.25, 0.3) is 0 Å².